The zero-order valence-electron chi connectivity index (χ0n) is 21.6. The number of nitrogens with one attached hydrogen (secondary N) is 2. The lowest BCUT2D eigenvalue weighted by Gasteiger charge is -2.27. The Morgan fingerprint density at radius 3 is 2.74 bits per heavy atom. The van der Waals surface area contributed by atoms with E-state index in [0.29, 0.717) is 24.4 Å². The molecule has 3 aromatic rings. The van der Waals surface area contributed by atoms with Crippen LogP contribution in [0.2, 0.25) is 0 Å². The number of hydrogen-bond acceptors (Lipinski definition) is 6. The molecule has 0 radical (unpaired) electrons. The Morgan fingerprint density at radius 1 is 1.18 bits per heavy atom. The van der Waals surface area contributed by atoms with Gasteiger partial charge in [-0.05, 0) is 64.6 Å². The van der Waals surface area contributed by atoms with Crippen LogP contribution in [0.25, 0.3) is 5.70 Å². The van der Waals surface area contributed by atoms with Crippen LogP contribution in [0.5, 0.6) is 0 Å². The van der Waals surface area contributed by atoms with Crippen LogP contribution in [-0.2, 0) is 28.9 Å². The van der Waals surface area contributed by atoms with E-state index >= 15 is 0 Å². The van der Waals surface area contributed by atoms with E-state index in [1.54, 1.807) is 11.9 Å². The maximum atomic E-state index is 14.0. The molecule has 3 aromatic carbocycles. The van der Waals surface area contributed by atoms with Crippen molar-refractivity contribution in [2.45, 2.75) is 37.2 Å². The number of anilines is 2. The quantitative estimate of drug-likeness (QED) is 0.340. The van der Waals surface area contributed by atoms with Gasteiger partial charge in [0.1, 0.15) is 6.04 Å². The topological polar surface area (TPSA) is 96.7 Å². The molecule has 1 unspecified atom stereocenters. The van der Waals surface area contributed by atoms with Gasteiger partial charge in [0.25, 0.3) is 0 Å². The largest absolute Gasteiger partial charge is 0.449 e. The van der Waals surface area contributed by atoms with Gasteiger partial charge in [0.15, 0.2) is 0 Å². The molecule has 0 fully saturated rings. The lowest BCUT2D eigenvalue weighted by Crippen LogP contribution is -2.35. The van der Waals surface area contributed by atoms with Gasteiger partial charge >= 0.3 is 6.09 Å². The molecule has 2 aliphatic rings. The summed E-state index contributed by atoms with van der Waals surface area (Å²) in [7, 11) is 4.43. The molecule has 0 aromatic heterocycles. The van der Waals surface area contributed by atoms with Crippen LogP contribution < -0.4 is 16.4 Å². The van der Waals surface area contributed by atoms with Gasteiger partial charge < -0.3 is 20.7 Å². The van der Waals surface area contributed by atoms with E-state index in [1.165, 1.54) is 11.4 Å². The van der Waals surface area contributed by atoms with Crippen molar-refractivity contribution in [2.75, 3.05) is 24.3 Å². The van der Waals surface area contributed by atoms with Crippen molar-refractivity contribution >= 4 is 48.9 Å². The average Bonchev–Trinajstić information content (AvgIpc) is 2.91. The normalized spacial score (nSPS) is 16.1. The summed E-state index contributed by atoms with van der Waals surface area (Å²) in [5.74, 6) is -0.0821. The molecule has 7 nitrogen and oxygen atoms in total. The van der Waals surface area contributed by atoms with Crippen LogP contribution in [0.1, 0.15) is 40.8 Å². The van der Waals surface area contributed by atoms with E-state index in [4.69, 9.17) is 10.5 Å². The number of carbonyl (C=O) groups is 2. The third kappa shape index (κ3) is 6.50. The number of nitrogens with two attached hydrogens (primary N) is 1. The number of ether oxygens (including phenoxy) is 1. The SMILES string of the molecule is C=C(N)c1cccc(N[C@H]2C(=O)N(C)Cc3cc(ccc3SP)NC(=O)OCCc3ccc2cc3CC)c1. The maximum absolute atomic E-state index is 14.0. The Bertz CT molecular complexity index is 1360. The molecule has 2 aliphatic heterocycles. The fourth-order valence-corrected chi connectivity index (χ4v) is 5.63. The third-order valence-electron chi connectivity index (χ3n) is 6.56. The minimum atomic E-state index is -0.625. The Morgan fingerprint density at radius 2 is 2.00 bits per heavy atom. The summed E-state index contributed by atoms with van der Waals surface area (Å²) in [5, 5.41) is 6.26. The summed E-state index contributed by atoms with van der Waals surface area (Å²) in [6.45, 7) is 6.53. The fraction of sp³-hybridized carbons (Fsp3) is 0.241. The molecule has 4 bridgehead atoms. The van der Waals surface area contributed by atoms with Crippen LogP contribution in [0.4, 0.5) is 16.2 Å². The van der Waals surface area contributed by atoms with Gasteiger partial charge in [-0.2, -0.15) is 0 Å². The molecule has 38 heavy (non-hydrogen) atoms. The fourth-order valence-electron chi connectivity index (χ4n) is 4.52. The van der Waals surface area contributed by atoms with E-state index in [1.807, 2.05) is 54.6 Å². The van der Waals surface area contributed by atoms with Crippen molar-refractivity contribution in [2.24, 2.45) is 5.73 Å². The highest BCUT2D eigenvalue weighted by Gasteiger charge is 2.26. The molecular formula is C29H33N4O3PS. The number of aryl methyl sites for hydroxylation is 1. The number of rotatable bonds is 5. The highest BCUT2D eigenvalue weighted by Crippen LogP contribution is 2.32. The van der Waals surface area contributed by atoms with Crippen molar-refractivity contribution in [3.63, 3.8) is 0 Å². The van der Waals surface area contributed by atoms with Gasteiger partial charge in [-0.3, -0.25) is 10.1 Å². The number of likely N-dealkylation sites (N-methyl/N-ethyl adjacent to an activating group) is 1. The van der Waals surface area contributed by atoms with E-state index < -0.39 is 12.1 Å². The van der Waals surface area contributed by atoms with E-state index in [0.717, 1.165) is 44.8 Å². The highest BCUT2D eigenvalue weighted by atomic mass is 32.7. The summed E-state index contributed by atoms with van der Waals surface area (Å²) >= 11 is 1.51. The molecule has 0 spiro atoms. The Hall–Kier alpha value is -3.48. The summed E-state index contributed by atoms with van der Waals surface area (Å²) in [5.41, 5.74) is 12.5. The van der Waals surface area contributed by atoms with Gasteiger partial charge in [0, 0.05) is 42.0 Å². The third-order valence-corrected chi connectivity index (χ3v) is 7.97. The second kappa shape index (κ2) is 12.4. The summed E-state index contributed by atoms with van der Waals surface area (Å²) in [6, 6.07) is 18.7. The van der Waals surface area contributed by atoms with Gasteiger partial charge in [0.05, 0.1) is 6.61 Å². The van der Waals surface area contributed by atoms with E-state index in [2.05, 4.69) is 38.6 Å². The first-order valence-corrected chi connectivity index (χ1v) is 14.7. The summed E-state index contributed by atoms with van der Waals surface area (Å²) in [6.07, 6.45) is 0.866. The minimum Gasteiger partial charge on any atom is -0.449 e. The second-order valence-electron chi connectivity index (χ2n) is 9.21. The Kier molecular flexibility index (Phi) is 8.97. The number of benzene rings is 3. The minimum absolute atomic E-state index is 0.0821. The van der Waals surface area contributed by atoms with Crippen molar-refractivity contribution in [3.8, 4) is 0 Å². The number of carbonyl (C=O) groups excluding carboxylic acids is 2. The van der Waals surface area contributed by atoms with Crippen LogP contribution in [0, 0.1) is 0 Å². The lowest BCUT2D eigenvalue weighted by molar-refractivity contribution is -0.131. The van der Waals surface area contributed by atoms with Crippen molar-refractivity contribution in [1.29, 1.82) is 0 Å². The predicted molar refractivity (Wildman–Crippen MR) is 159 cm³/mol. The average molecular weight is 549 g/mol. The van der Waals surface area contributed by atoms with Crippen LogP contribution in [0.3, 0.4) is 0 Å². The molecule has 2 atom stereocenters. The van der Waals surface area contributed by atoms with Crippen molar-refractivity contribution in [3.05, 3.63) is 95.1 Å². The lowest BCUT2D eigenvalue weighted by atomic mass is 9.95. The number of fused-ring (bicyclic) bond motifs is 9. The number of amides is 2. The van der Waals surface area contributed by atoms with Gasteiger partial charge in [-0.25, -0.2) is 4.79 Å². The molecule has 198 valence electrons. The molecule has 5 rings (SSSR count). The van der Waals surface area contributed by atoms with Crippen molar-refractivity contribution in [1.82, 2.24) is 4.90 Å². The van der Waals surface area contributed by atoms with Crippen LogP contribution >= 0.6 is 19.8 Å². The second-order valence-corrected chi connectivity index (χ2v) is 10.6. The monoisotopic (exact) mass is 548 g/mol. The zero-order valence-corrected chi connectivity index (χ0v) is 23.6. The standard InChI is InChI=1S/C29H33N4O3PS/c1-4-19-14-22-9-8-20(19)12-13-36-29(35)32-25-10-11-26(38-37)23(16-25)17-33(3)28(34)27(22)31-24-7-5-6-21(15-24)18(2)30/h5-11,14-16,27,31H,2,4,12-13,17,30,37H2,1,3H3,(H,32,35)/t27-/m1/s1. The summed E-state index contributed by atoms with van der Waals surface area (Å²) in [4.78, 5) is 29.1. The first kappa shape index (κ1) is 27.6. The van der Waals surface area contributed by atoms with E-state index in [-0.39, 0.29) is 12.5 Å². The molecule has 9 heteroatoms. The molecular weight excluding hydrogens is 515 g/mol. The maximum Gasteiger partial charge on any atom is 0.411 e. The number of nitrogens with zero attached hydrogens (tertiary/aromatic N) is 1. The van der Waals surface area contributed by atoms with Gasteiger partial charge in [0.2, 0.25) is 5.91 Å². The van der Waals surface area contributed by atoms with Crippen LogP contribution in [0.15, 0.2) is 72.1 Å². The molecule has 4 N–H and O–H groups in total. The zero-order chi connectivity index (χ0) is 27.2. The van der Waals surface area contributed by atoms with Gasteiger partial charge in [-0.15, -0.1) is 11.4 Å². The summed E-state index contributed by atoms with van der Waals surface area (Å²) < 4.78 is 5.47. The molecule has 2 amide bonds. The van der Waals surface area contributed by atoms with Crippen LogP contribution in [-0.4, -0.2) is 30.6 Å². The molecule has 0 saturated carbocycles. The van der Waals surface area contributed by atoms with Gasteiger partial charge in [-0.1, -0.05) is 52.3 Å². The molecule has 2 heterocycles. The molecule has 0 saturated heterocycles. The first-order chi connectivity index (χ1) is 18.3. The predicted octanol–water partition coefficient (Wildman–Crippen LogP) is 5.98. The first-order valence-electron chi connectivity index (χ1n) is 12.4. The number of hydrogen-bond donors (Lipinski definition) is 3. The molecule has 0 aliphatic carbocycles. The Labute approximate surface area is 230 Å². The Balaban J connectivity index is 1.77. The smallest absolute Gasteiger partial charge is 0.411 e. The highest BCUT2D eigenvalue weighted by molar-refractivity contribution is 8.43. The van der Waals surface area contributed by atoms with E-state index in [9.17, 15) is 9.59 Å². The van der Waals surface area contributed by atoms with Crippen molar-refractivity contribution < 1.29 is 14.3 Å².